The van der Waals surface area contributed by atoms with Crippen LogP contribution in [0, 0.1) is 13.8 Å². The number of aromatic nitrogens is 2. The molecule has 274 valence electrons. The molecular formula is C40H44N2O8S2. The molecule has 2 atom stereocenters. The summed E-state index contributed by atoms with van der Waals surface area (Å²) < 4.78 is 22.8. The Labute approximate surface area is 312 Å². The van der Waals surface area contributed by atoms with E-state index < -0.39 is 24.1 Å². The summed E-state index contributed by atoms with van der Waals surface area (Å²) >= 11 is 3.42. The molecule has 0 spiro atoms. The van der Waals surface area contributed by atoms with E-state index in [1.807, 2.05) is 86.6 Å². The van der Waals surface area contributed by atoms with Gasteiger partial charge in [0.25, 0.3) is 0 Å². The van der Waals surface area contributed by atoms with Crippen LogP contribution in [0.4, 0.5) is 0 Å². The van der Waals surface area contributed by atoms with E-state index in [-0.39, 0.29) is 0 Å². The fourth-order valence-corrected chi connectivity index (χ4v) is 7.31. The third-order valence-electron chi connectivity index (χ3n) is 8.33. The first-order valence-electron chi connectivity index (χ1n) is 17.3. The Bertz CT molecular complexity index is 1790. The first-order chi connectivity index (χ1) is 25.1. The van der Waals surface area contributed by atoms with Crippen LogP contribution in [0.2, 0.25) is 0 Å². The average Bonchev–Trinajstić information content (AvgIpc) is 3.70. The van der Waals surface area contributed by atoms with Crippen LogP contribution in [-0.4, -0.2) is 69.0 Å². The van der Waals surface area contributed by atoms with Gasteiger partial charge in [0.1, 0.15) is 11.5 Å². The highest BCUT2D eigenvalue weighted by atomic mass is 32.2. The number of carbonyl (C=O) groups is 2. The Morgan fingerprint density at radius 3 is 1.44 bits per heavy atom. The molecule has 2 heterocycles. The van der Waals surface area contributed by atoms with Gasteiger partial charge in [0, 0.05) is 71.3 Å². The zero-order valence-electron chi connectivity index (χ0n) is 29.8. The third-order valence-corrected chi connectivity index (χ3v) is 10.4. The summed E-state index contributed by atoms with van der Waals surface area (Å²) in [6.07, 6.45) is 0.450. The zero-order chi connectivity index (χ0) is 37.0. The number of hydrogen-bond donors (Lipinski definition) is 2. The van der Waals surface area contributed by atoms with Crippen molar-refractivity contribution in [3.05, 3.63) is 107 Å². The van der Waals surface area contributed by atoms with Crippen LogP contribution in [0.5, 0.6) is 0 Å². The van der Waals surface area contributed by atoms with Crippen molar-refractivity contribution in [2.45, 2.75) is 75.4 Å². The molecule has 0 aliphatic rings. The van der Waals surface area contributed by atoms with Gasteiger partial charge in [0.15, 0.2) is 12.2 Å². The van der Waals surface area contributed by atoms with Crippen molar-refractivity contribution in [1.29, 1.82) is 0 Å². The monoisotopic (exact) mass is 744 g/mol. The molecule has 2 unspecified atom stereocenters. The zero-order valence-corrected chi connectivity index (χ0v) is 31.4. The number of carboxylic acid groups (broad SMARTS) is 2. The molecule has 0 fully saturated rings. The highest BCUT2D eigenvalue weighted by molar-refractivity contribution is 7.99. The number of rotatable bonds is 20. The molecule has 3 aromatic carbocycles. The smallest absolute Gasteiger partial charge is 0.333 e. The number of aliphatic carboxylic acids is 2. The molecule has 2 aromatic heterocycles. The number of benzene rings is 3. The largest absolute Gasteiger partial charge is 0.479 e. The molecule has 0 aliphatic heterocycles. The molecule has 0 radical (unpaired) electrons. The van der Waals surface area contributed by atoms with Crippen LogP contribution in [0.3, 0.4) is 0 Å². The lowest BCUT2D eigenvalue weighted by atomic mass is 10.1. The van der Waals surface area contributed by atoms with Gasteiger partial charge in [0.05, 0.1) is 11.4 Å². The summed E-state index contributed by atoms with van der Waals surface area (Å²) in [5, 5.41) is 18.7. The molecule has 10 nitrogen and oxygen atoms in total. The van der Waals surface area contributed by atoms with E-state index in [2.05, 4.69) is 0 Å². The number of nitrogens with zero attached hydrogens (tertiary/aromatic N) is 2. The van der Waals surface area contributed by atoms with Crippen molar-refractivity contribution in [2.24, 2.45) is 0 Å². The van der Waals surface area contributed by atoms with Crippen molar-refractivity contribution in [3.63, 3.8) is 0 Å². The first-order valence-corrected chi connectivity index (χ1v) is 19.3. The maximum Gasteiger partial charge on any atom is 0.333 e. The SMILES string of the molecule is CCOC(Cc1ccc(SCCc2nc(-c3cccc(-c4nc(CCSc5ccc(CC(OCC)C(=O)O)cc5)c(C)o4)c3)oc2C)cc1)C(=O)O. The van der Waals surface area contributed by atoms with Crippen molar-refractivity contribution >= 4 is 35.5 Å². The molecule has 0 amide bonds. The van der Waals surface area contributed by atoms with E-state index in [9.17, 15) is 19.8 Å². The minimum absolute atomic E-state index is 0.333. The minimum Gasteiger partial charge on any atom is -0.479 e. The Balaban J connectivity index is 1.13. The van der Waals surface area contributed by atoms with Crippen LogP contribution in [-0.2, 0) is 44.7 Å². The maximum absolute atomic E-state index is 11.4. The predicted octanol–water partition coefficient (Wildman–Crippen LogP) is 8.35. The van der Waals surface area contributed by atoms with E-state index >= 15 is 0 Å². The Morgan fingerprint density at radius 2 is 1.08 bits per heavy atom. The van der Waals surface area contributed by atoms with Crippen molar-refractivity contribution < 1.29 is 38.1 Å². The van der Waals surface area contributed by atoms with Crippen molar-refractivity contribution in [2.75, 3.05) is 24.7 Å². The molecular weight excluding hydrogens is 701 g/mol. The fourth-order valence-electron chi connectivity index (χ4n) is 5.59. The van der Waals surface area contributed by atoms with Crippen molar-refractivity contribution in [3.8, 4) is 22.9 Å². The minimum atomic E-state index is -0.951. The van der Waals surface area contributed by atoms with Gasteiger partial charge in [-0.2, -0.15) is 0 Å². The topological polar surface area (TPSA) is 145 Å². The number of carboxylic acids is 2. The van der Waals surface area contributed by atoms with Gasteiger partial charge in [-0.3, -0.25) is 0 Å². The molecule has 0 saturated heterocycles. The lowest BCUT2D eigenvalue weighted by Gasteiger charge is -2.12. The summed E-state index contributed by atoms with van der Waals surface area (Å²) in [6, 6.07) is 23.7. The van der Waals surface area contributed by atoms with E-state index in [0.29, 0.717) is 37.8 Å². The van der Waals surface area contributed by atoms with E-state index in [4.69, 9.17) is 28.3 Å². The van der Waals surface area contributed by atoms with Gasteiger partial charge in [-0.15, -0.1) is 23.5 Å². The number of ether oxygens (including phenoxy) is 2. The summed E-state index contributed by atoms with van der Waals surface area (Å²) in [6.45, 7) is 8.16. The molecule has 5 rings (SSSR count). The highest BCUT2D eigenvalue weighted by Gasteiger charge is 2.20. The number of oxazole rings is 2. The van der Waals surface area contributed by atoms with E-state index in [0.717, 1.165) is 79.3 Å². The van der Waals surface area contributed by atoms with Crippen LogP contribution in [0.15, 0.2) is 91.4 Å². The molecule has 0 saturated carbocycles. The Kier molecular flexibility index (Phi) is 14.1. The third kappa shape index (κ3) is 10.8. The number of thioether (sulfide) groups is 2. The van der Waals surface area contributed by atoms with Gasteiger partial charge in [-0.1, -0.05) is 30.3 Å². The second-order valence-electron chi connectivity index (χ2n) is 12.1. The lowest BCUT2D eigenvalue weighted by molar-refractivity contribution is -0.150. The average molecular weight is 745 g/mol. The highest BCUT2D eigenvalue weighted by Crippen LogP contribution is 2.30. The Morgan fingerprint density at radius 1 is 0.673 bits per heavy atom. The summed E-state index contributed by atoms with van der Waals surface area (Å²) in [5.74, 6) is 2.38. The van der Waals surface area contributed by atoms with Crippen LogP contribution in [0.25, 0.3) is 22.9 Å². The summed E-state index contributed by atoms with van der Waals surface area (Å²) in [5.41, 5.74) is 5.34. The van der Waals surface area contributed by atoms with Crippen LogP contribution < -0.4 is 0 Å². The van der Waals surface area contributed by atoms with E-state index in [1.165, 1.54) is 0 Å². The summed E-state index contributed by atoms with van der Waals surface area (Å²) in [4.78, 5) is 34.6. The molecule has 5 aromatic rings. The quantitative estimate of drug-likeness (QED) is 0.0739. The van der Waals surface area contributed by atoms with Gasteiger partial charge in [-0.25, -0.2) is 19.6 Å². The molecule has 0 aliphatic carbocycles. The summed E-state index contributed by atoms with van der Waals surface area (Å²) in [7, 11) is 0. The number of hydrogen-bond acceptors (Lipinski definition) is 10. The molecule has 52 heavy (non-hydrogen) atoms. The van der Waals surface area contributed by atoms with Crippen LogP contribution in [0.1, 0.15) is 47.9 Å². The fraction of sp³-hybridized carbons (Fsp3) is 0.350. The maximum atomic E-state index is 11.4. The normalized spacial score (nSPS) is 12.5. The van der Waals surface area contributed by atoms with Gasteiger partial charge in [0.2, 0.25) is 11.8 Å². The predicted molar refractivity (Wildman–Crippen MR) is 202 cm³/mol. The second-order valence-corrected chi connectivity index (χ2v) is 14.4. The van der Waals surface area contributed by atoms with Gasteiger partial charge < -0.3 is 28.5 Å². The molecule has 2 N–H and O–H groups in total. The molecule has 12 heteroatoms. The molecule has 0 bridgehead atoms. The van der Waals surface area contributed by atoms with Gasteiger partial charge >= 0.3 is 11.9 Å². The van der Waals surface area contributed by atoms with Crippen LogP contribution >= 0.6 is 23.5 Å². The lowest BCUT2D eigenvalue weighted by Crippen LogP contribution is -2.26. The van der Waals surface area contributed by atoms with Crippen molar-refractivity contribution in [1.82, 2.24) is 9.97 Å². The van der Waals surface area contributed by atoms with E-state index in [1.54, 1.807) is 37.4 Å². The standard InChI is InChI=1S/C40H44N2O8S2/c1-5-47-35(39(43)44)22-27-10-14-31(15-11-27)51-20-18-33-25(3)49-37(41-33)29-8-7-9-30(24-29)38-42-34(26(4)50-38)19-21-52-32-16-12-28(13-17-32)23-36(40(45)46)48-6-2/h7-17,24,35-36H,5-6,18-23H2,1-4H3,(H,43,44)(H,45,46). The van der Waals surface area contributed by atoms with Gasteiger partial charge in [-0.05, 0) is 81.3 Å². The Hall–Kier alpha value is -4.36. The second kappa shape index (κ2) is 18.9. The first kappa shape index (κ1) is 38.9. The number of aryl methyl sites for hydroxylation is 4.